The molecule has 0 rings (SSSR count). The van der Waals surface area contributed by atoms with Gasteiger partial charge in [-0.1, -0.05) is 0 Å². The maximum Gasteiger partial charge on any atom is 0.0273 e. The highest BCUT2D eigenvalue weighted by atomic mass is 12.4. The molecule has 0 unspecified atom stereocenters. The van der Waals surface area contributed by atoms with E-state index in [1.807, 2.05) is 0 Å². The van der Waals surface area contributed by atoms with Gasteiger partial charge in [-0.15, -0.1) is 0 Å². The largest absolute Gasteiger partial charge is 0.0388 e. The van der Waals surface area contributed by atoms with Crippen molar-refractivity contribution in [3.63, 3.8) is 0 Å². The quantitative estimate of drug-likeness (QED) is 0.305. The molecule has 0 aromatic rings. The molecule has 0 N–H and O–H groups in total. The van der Waals surface area contributed by atoms with Crippen molar-refractivity contribution in [3.8, 4) is 0 Å². The second kappa shape index (κ2) is 3.26. The minimum absolute atomic E-state index is 0.713. The Hall–Kier alpha value is 0.260. The van der Waals surface area contributed by atoms with Crippen LogP contribution in [0.4, 0.5) is 0 Å². The lowest BCUT2D eigenvalue weighted by Gasteiger charge is -1.60. The number of rotatable bonds is 1. The summed E-state index contributed by atoms with van der Waals surface area (Å²) in [6, 6.07) is 0. The zero-order valence-electron chi connectivity index (χ0n) is 3.31. The van der Waals surface area contributed by atoms with Gasteiger partial charge in [0.2, 0.25) is 0 Å². The van der Waals surface area contributed by atoms with Crippen LogP contribution in [0.25, 0.3) is 0 Å². The predicted octanol–water partition coefficient (Wildman–Crippen LogP) is -1.79. The van der Waals surface area contributed by atoms with Crippen molar-refractivity contribution in [3.05, 3.63) is 0 Å². The summed E-state index contributed by atoms with van der Waals surface area (Å²) in [5.74, 6) is 0. The summed E-state index contributed by atoms with van der Waals surface area (Å²) in [4.78, 5) is 0. The lowest BCUT2D eigenvalue weighted by Crippen LogP contribution is -2.00. The van der Waals surface area contributed by atoms with Gasteiger partial charge in [0.1, 0.15) is 0 Å². The van der Waals surface area contributed by atoms with Gasteiger partial charge in [0.15, 0.2) is 0 Å². The first-order valence-corrected chi connectivity index (χ1v) is 1.00. The Morgan fingerprint density at radius 1 is 2.25 bits per heavy atom. The van der Waals surface area contributed by atoms with Gasteiger partial charge in [-0.25, -0.2) is 0 Å². The molecule has 0 aromatic carbocycles. The summed E-state index contributed by atoms with van der Waals surface area (Å²) in [6.07, 6.45) is 0. The molecule has 5 radical (unpaired) electrons. The highest BCUT2D eigenvalue weighted by Gasteiger charge is 1.63. The third-order valence-corrected chi connectivity index (χ3v) is 0.111. The van der Waals surface area contributed by atoms with Crippen molar-refractivity contribution in [2.45, 2.75) is 0 Å². The summed E-state index contributed by atoms with van der Waals surface area (Å²) in [5.41, 5.74) is 0. The summed E-state index contributed by atoms with van der Waals surface area (Å²) < 4.78 is 6.42. The van der Waals surface area contributed by atoms with Gasteiger partial charge in [-0.05, 0) is 1.34 Å². The van der Waals surface area contributed by atoms with E-state index in [0.717, 1.165) is 7.06 Å². The van der Waals surface area contributed by atoms with Gasteiger partial charge < -0.3 is 0 Å². The van der Waals surface area contributed by atoms with E-state index in [1.165, 1.54) is 0 Å². The average molecular weight is 45.3 g/mol. The van der Waals surface area contributed by atoms with E-state index in [2.05, 4.69) is 0 Å². The Kier molecular flexibility index (Phi) is 2.03. The molecule has 0 atom stereocenters. The van der Waals surface area contributed by atoms with E-state index in [-0.39, 0.29) is 0 Å². The zero-order valence-corrected chi connectivity index (χ0v) is 2.31. The van der Waals surface area contributed by atoms with Crippen LogP contribution in [0.2, 0.25) is 0 Å². The molecule has 0 aliphatic carbocycles. The normalized spacial score (nSPS) is 8.50. The average Bonchev–Trinajstić information content (AvgIpc) is 1.38. The molecule has 0 amide bonds. The fourth-order valence-corrected chi connectivity index (χ4v) is 0. The van der Waals surface area contributed by atoms with Crippen molar-refractivity contribution in [1.82, 2.24) is 0 Å². The smallest absolute Gasteiger partial charge is 0.0273 e. The molecule has 0 nitrogen and oxygen atoms in total. The van der Waals surface area contributed by atoms with Crippen molar-refractivity contribution in [1.29, 1.82) is 1.34 Å². The number of hydrogen-bond acceptors (Lipinski definition) is 0. The summed E-state index contributed by atoms with van der Waals surface area (Å²) in [5, 5.41) is 0. The van der Waals surface area contributed by atoms with E-state index in [0.29, 0.717) is 0 Å². The monoisotopic (exact) mass is 46.1 g/mol. The first kappa shape index (κ1) is 2.49. The van der Waals surface area contributed by atoms with E-state index in [1.54, 1.807) is 0 Å². The maximum absolute atomic E-state index is 6.42. The van der Waals surface area contributed by atoms with Gasteiger partial charge in [0, 0.05) is 29.6 Å². The van der Waals surface area contributed by atoms with E-state index in [4.69, 9.17) is 16.8 Å². The van der Waals surface area contributed by atoms with E-state index < -0.39 is 7.02 Å². The summed E-state index contributed by atoms with van der Waals surface area (Å²) in [7, 11) is 9.91. The molecular formula is HB4. The standard InChI is InChI=1S/B4H/c1-3-4-2/h3H/i3D. The van der Waals surface area contributed by atoms with E-state index in [9.17, 15) is 0 Å². The fourth-order valence-electron chi connectivity index (χ4n) is 0. The Morgan fingerprint density at radius 2 is 2.50 bits per heavy atom. The van der Waals surface area contributed by atoms with Crippen LogP contribution >= 0.6 is 0 Å². The highest BCUT2D eigenvalue weighted by molar-refractivity contribution is 7.37. The van der Waals surface area contributed by atoms with Crippen LogP contribution in [0.1, 0.15) is 0 Å². The summed E-state index contributed by atoms with van der Waals surface area (Å²) >= 11 is 0. The van der Waals surface area contributed by atoms with Crippen molar-refractivity contribution in [2.24, 2.45) is 0 Å². The molecule has 0 aromatic heterocycles. The Balaban J connectivity index is 2.54. The second-order valence-electron chi connectivity index (χ2n) is 0.385. The van der Waals surface area contributed by atoms with Crippen molar-refractivity contribution < 1.29 is 0 Å². The molecule has 0 fully saturated rings. The van der Waals surface area contributed by atoms with Gasteiger partial charge in [-0.2, -0.15) is 0 Å². The van der Waals surface area contributed by atoms with Crippen LogP contribution in [0, 0.1) is 0 Å². The highest BCUT2D eigenvalue weighted by Crippen LogP contribution is 1.24. The van der Waals surface area contributed by atoms with Crippen LogP contribution < -0.4 is 0 Å². The molecule has 0 saturated heterocycles. The summed E-state index contributed by atoms with van der Waals surface area (Å²) in [6.45, 7) is 0. The van der Waals surface area contributed by atoms with Crippen LogP contribution in [0.5, 0.6) is 0 Å². The molecular weight excluding hydrogens is 43.2 g/mol. The molecule has 13 valence electrons. The lowest BCUT2D eigenvalue weighted by atomic mass is 9.19. The molecule has 4 heavy (non-hydrogen) atoms. The SMILES string of the molecule is [2H]B([B])[B][B]. The number of hydrogen-bond donors (Lipinski definition) is 0. The Bertz CT molecular complexity index is 17.6. The third kappa shape index (κ3) is 2.26. The second-order valence-corrected chi connectivity index (χ2v) is 0.385. The van der Waals surface area contributed by atoms with Crippen LogP contribution in [-0.2, 0) is 0 Å². The fraction of sp³-hybridized carbons (Fsp3) is 0. The molecule has 0 heterocycles. The van der Waals surface area contributed by atoms with Crippen molar-refractivity contribution in [2.75, 3.05) is 0 Å². The molecule has 0 bridgehead atoms. The lowest BCUT2D eigenvalue weighted by molar-refractivity contribution is 4.14. The first-order chi connectivity index (χ1) is 2.27. The van der Waals surface area contributed by atoms with Crippen LogP contribution in [-0.4, -0.2) is 30.9 Å². The van der Waals surface area contributed by atoms with Crippen LogP contribution in [0.15, 0.2) is 0 Å². The van der Waals surface area contributed by atoms with Gasteiger partial charge >= 0.3 is 0 Å². The Morgan fingerprint density at radius 3 is 2.50 bits per heavy atom. The van der Waals surface area contributed by atoms with Crippen molar-refractivity contribution >= 4 is 29.6 Å². The maximum atomic E-state index is 6.42. The van der Waals surface area contributed by atoms with E-state index >= 15 is 0 Å². The topological polar surface area (TPSA) is 0 Å². The third-order valence-electron chi connectivity index (χ3n) is 0.111. The zero-order chi connectivity index (χ0) is 4.28. The molecule has 0 aliphatic rings. The molecule has 0 spiro atoms. The molecule has 0 aliphatic heterocycles. The van der Waals surface area contributed by atoms with Crippen LogP contribution in [0.3, 0.4) is 0 Å². The van der Waals surface area contributed by atoms with Gasteiger partial charge in [0.05, 0.1) is 0 Å². The molecule has 0 saturated carbocycles. The van der Waals surface area contributed by atoms with Gasteiger partial charge in [-0.3, -0.25) is 0 Å². The minimum Gasteiger partial charge on any atom is -0.0388 e. The van der Waals surface area contributed by atoms with Gasteiger partial charge in [0.25, 0.3) is 0 Å². The minimum atomic E-state index is -0.713. The predicted molar refractivity (Wildman–Crippen MR) is 24.4 cm³/mol. The first-order valence-electron chi connectivity index (χ1n) is 1.58. The Labute approximate surface area is 32.0 Å². The molecule has 4 heteroatoms.